The van der Waals surface area contributed by atoms with Crippen molar-refractivity contribution in [3.63, 3.8) is 0 Å². The fourth-order valence-electron chi connectivity index (χ4n) is 2.00. The van der Waals surface area contributed by atoms with Crippen molar-refractivity contribution >= 4 is 6.09 Å². The molecule has 5 heteroatoms. The Bertz CT molecular complexity index is 255. The van der Waals surface area contributed by atoms with Crippen LogP contribution in [0.3, 0.4) is 0 Å². The Morgan fingerprint density at radius 2 is 2.18 bits per heavy atom. The molecule has 1 aliphatic heterocycles. The molecule has 0 aromatic heterocycles. The normalized spacial score (nSPS) is 24.7. The SMILES string of the molecule is COCC1(CNC(=O)OC(C)(C)C)CCNC1. The summed E-state index contributed by atoms with van der Waals surface area (Å²) >= 11 is 0. The molecule has 1 atom stereocenters. The smallest absolute Gasteiger partial charge is 0.407 e. The van der Waals surface area contributed by atoms with Crippen LogP contribution >= 0.6 is 0 Å². The molecule has 0 aromatic carbocycles. The molecule has 1 fully saturated rings. The second-order valence-electron chi connectivity index (χ2n) is 5.72. The van der Waals surface area contributed by atoms with Crippen LogP contribution in [0.2, 0.25) is 0 Å². The zero-order chi connectivity index (χ0) is 12.9. The molecule has 1 aliphatic rings. The molecule has 0 bridgehead atoms. The maximum atomic E-state index is 11.6. The van der Waals surface area contributed by atoms with E-state index in [4.69, 9.17) is 9.47 Å². The summed E-state index contributed by atoms with van der Waals surface area (Å²) < 4.78 is 10.4. The largest absolute Gasteiger partial charge is 0.444 e. The number of hydrogen-bond acceptors (Lipinski definition) is 4. The number of nitrogens with one attached hydrogen (secondary N) is 2. The molecular formula is C12H24N2O3. The average molecular weight is 244 g/mol. The van der Waals surface area contributed by atoms with Crippen LogP contribution in [0.5, 0.6) is 0 Å². The summed E-state index contributed by atoms with van der Waals surface area (Å²) in [5.41, 5.74) is -0.446. The number of carbonyl (C=O) groups is 1. The molecule has 0 spiro atoms. The van der Waals surface area contributed by atoms with Gasteiger partial charge < -0.3 is 20.1 Å². The molecule has 1 rings (SSSR count). The first-order valence-corrected chi connectivity index (χ1v) is 6.03. The maximum absolute atomic E-state index is 11.6. The molecule has 5 nitrogen and oxygen atoms in total. The van der Waals surface area contributed by atoms with Crippen LogP contribution in [0.1, 0.15) is 27.2 Å². The minimum Gasteiger partial charge on any atom is -0.444 e. The van der Waals surface area contributed by atoms with Crippen LogP contribution in [-0.2, 0) is 9.47 Å². The maximum Gasteiger partial charge on any atom is 0.407 e. The average Bonchev–Trinajstić information content (AvgIpc) is 2.62. The van der Waals surface area contributed by atoms with Gasteiger partial charge in [0.05, 0.1) is 6.61 Å². The van der Waals surface area contributed by atoms with Crippen molar-refractivity contribution in [2.45, 2.75) is 32.8 Å². The third-order valence-corrected chi connectivity index (χ3v) is 2.79. The van der Waals surface area contributed by atoms with E-state index in [1.54, 1.807) is 7.11 Å². The molecule has 0 aliphatic carbocycles. The lowest BCUT2D eigenvalue weighted by Crippen LogP contribution is -2.43. The Labute approximate surface area is 103 Å². The molecule has 0 saturated carbocycles. The van der Waals surface area contributed by atoms with Gasteiger partial charge in [0.15, 0.2) is 0 Å². The van der Waals surface area contributed by atoms with E-state index < -0.39 is 5.60 Å². The number of amides is 1. The van der Waals surface area contributed by atoms with E-state index in [1.807, 2.05) is 20.8 Å². The van der Waals surface area contributed by atoms with E-state index in [-0.39, 0.29) is 11.5 Å². The van der Waals surface area contributed by atoms with Gasteiger partial charge in [-0.05, 0) is 33.7 Å². The van der Waals surface area contributed by atoms with Crippen molar-refractivity contribution in [3.8, 4) is 0 Å². The van der Waals surface area contributed by atoms with Gasteiger partial charge in [-0.3, -0.25) is 0 Å². The third-order valence-electron chi connectivity index (χ3n) is 2.79. The van der Waals surface area contributed by atoms with Gasteiger partial charge in [-0.25, -0.2) is 4.79 Å². The lowest BCUT2D eigenvalue weighted by atomic mass is 9.88. The van der Waals surface area contributed by atoms with Gasteiger partial charge in [0, 0.05) is 25.6 Å². The number of alkyl carbamates (subject to hydrolysis) is 1. The Morgan fingerprint density at radius 1 is 1.47 bits per heavy atom. The highest BCUT2D eigenvalue weighted by Gasteiger charge is 2.34. The summed E-state index contributed by atoms with van der Waals surface area (Å²) in [6.45, 7) is 8.65. The van der Waals surface area contributed by atoms with Crippen molar-refractivity contribution in [1.29, 1.82) is 0 Å². The summed E-state index contributed by atoms with van der Waals surface area (Å²) in [6.07, 6.45) is 0.649. The summed E-state index contributed by atoms with van der Waals surface area (Å²) in [7, 11) is 1.69. The van der Waals surface area contributed by atoms with E-state index in [0.717, 1.165) is 19.5 Å². The predicted molar refractivity (Wildman–Crippen MR) is 66.0 cm³/mol. The fourth-order valence-corrected chi connectivity index (χ4v) is 2.00. The molecule has 1 unspecified atom stereocenters. The van der Waals surface area contributed by atoms with Crippen LogP contribution in [0.15, 0.2) is 0 Å². The topological polar surface area (TPSA) is 59.6 Å². The van der Waals surface area contributed by atoms with Gasteiger partial charge in [0.2, 0.25) is 0 Å². The first-order chi connectivity index (χ1) is 7.87. The van der Waals surface area contributed by atoms with Gasteiger partial charge in [-0.1, -0.05) is 0 Å². The quantitative estimate of drug-likeness (QED) is 0.778. The van der Waals surface area contributed by atoms with Crippen molar-refractivity contribution in [3.05, 3.63) is 0 Å². The van der Waals surface area contributed by atoms with Crippen LogP contribution < -0.4 is 10.6 Å². The zero-order valence-electron chi connectivity index (χ0n) is 11.3. The zero-order valence-corrected chi connectivity index (χ0v) is 11.3. The highest BCUT2D eigenvalue weighted by Crippen LogP contribution is 2.24. The van der Waals surface area contributed by atoms with E-state index in [2.05, 4.69) is 10.6 Å². The van der Waals surface area contributed by atoms with Crippen molar-refractivity contribution < 1.29 is 14.3 Å². The fraction of sp³-hybridized carbons (Fsp3) is 0.917. The Morgan fingerprint density at radius 3 is 2.65 bits per heavy atom. The molecular weight excluding hydrogens is 220 g/mol. The second-order valence-corrected chi connectivity index (χ2v) is 5.72. The van der Waals surface area contributed by atoms with E-state index in [0.29, 0.717) is 13.2 Å². The Kier molecular flexibility index (Phi) is 4.77. The number of hydrogen-bond donors (Lipinski definition) is 2. The summed E-state index contributed by atoms with van der Waals surface area (Å²) in [5.74, 6) is 0. The lowest BCUT2D eigenvalue weighted by Gasteiger charge is -2.28. The number of methoxy groups -OCH3 is 1. The van der Waals surface area contributed by atoms with E-state index >= 15 is 0 Å². The Balaban J connectivity index is 2.39. The molecule has 1 heterocycles. The monoisotopic (exact) mass is 244 g/mol. The minimum atomic E-state index is -0.452. The first kappa shape index (κ1) is 14.3. The molecule has 17 heavy (non-hydrogen) atoms. The lowest BCUT2D eigenvalue weighted by molar-refractivity contribution is 0.0450. The standard InChI is InChI=1S/C12H24N2O3/c1-11(2,3)17-10(15)14-8-12(9-16-4)5-6-13-7-12/h13H,5-9H2,1-4H3,(H,14,15). The van der Waals surface area contributed by atoms with Gasteiger partial charge >= 0.3 is 6.09 Å². The van der Waals surface area contributed by atoms with Gasteiger partial charge in [-0.2, -0.15) is 0 Å². The second kappa shape index (κ2) is 5.69. The molecule has 1 amide bonds. The van der Waals surface area contributed by atoms with Crippen molar-refractivity contribution in [2.75, 3.05) is 33.4 Å². The van der Waals surface area contributed by atoms with Gasteiger partial charge in [0.1, 0.15) is 5.60 Å². The van der Waals surface area contributed by atoms with Crippen LogP contribution in [0.4, 0.5) is 4.79 Å². The van der Waals surface area contributed by atoms with Crippen molar-refractivity contribution in [1.82, 2.24) is 10.6 Å². The summed E-state index contributed by atoms with van der Waals surface area (Å²) in [6, 6.07) is 0. The number of carbonyl (C=O) groups excluding carboxylic acids is 1. The third kappa shape index (κ3) is 4.91. The molecule has 1 saturated heterocycles. The van der Waals surface area contributed by atoms with Gasteiger partial charge in [-0.15, -0.1) is 0 Å². The van der Waals surface area contributed by atoms with E-state index in [9.17, 15) is 4.79 Å². The molecule has 2 N–H and O–H groups in total. The molecule has 0 aromatic rings. The highest BCUT2D eigenvalue weighted by atomic mass is 16.6. The van der Waals surface area contributed by atoms with E-state index in [1.165, 1.54) is 0 Å². The van der Waals surface area contributed by atoms with Crippen LogP contribution in [0, 0.1) is 5.41 Å². The van der Waals surface area contributed by atoms with Gasteiger partial charge in [0.25, 0.3) is 0 Å². The minimum absolute atomic E-state index is 0.00561. The first-order valence-electron chi connectivity index (χ1n) is 6.03. The Hall–Kier alpha value is -0.810. The van der Waals surface area contributed by atoms with Crippen LogP contribution in [0.25, 0.3) is 0 Å². The predicted octanol–water partition coefficient (Wildman–Crippen LogP) is 1.14. The van der Waals surface area contributed by atoms with Crippen LogP contribution in [-0.4, -0.2) is 45.0 Å². The van der Waals surface area contributed by atoms with Crippen molar-refractivity contribution in [2.24, 2.45) is 5.41 Å². The molecule has 100 valence electrons. The summed E-state index contributed by atoms with van der Waals surface area (Å²) in [5, 5.41) is 6.12. The summed E-state index contributed by atoms with van der Waals surface area (Å²) in [4.78, 5) is 11.6. The number of ether oxygens (including phenoxy) is 2. The molecule has 0 radical (unpaired) electrons. The highest BCUT2D eigenvalue weighted by molar-refractivity contribution is 5.67. The number of rotatable bonds is 4.